The normalized spacial score (nSPS) is 12.2. The summed E-state index contributed by atoms with van der Waals surface area (Å²) in [6.07, 6.45) is 3.61. The molecule has 0 radical (unpaired) electrons. The van der Waals surface area contributed by atoms with Gasteiger partial charge in [0, 0.05) is 34.6 Å². The van der Waals surface area contributed by atoms with E-state index in [9.17, 15) is 0 Å². The first-order valence-corrected chi connectivity index (χ1v) is 7.14. The van der Waals surface area contributed by atoms with Crippen molar-refractivity contribution in [3.63, 3.8) is 0 Å². The lowest BCUT2D eigenvalue weighted by Gasteiger charge is -2.12. The second kappa shape index (κ2) is 6.59. The Hall–Kier alpha value is -1.52. The zero-order chi connectivity index (χ0) is 13.7. The summed E-state index contributed by atoms with van der Waals surface area (Å²) in [6.45, 7) is 1.99. The Morgan fingerprint density at radius 2 is 2.00 bits per heavy atom. The molecule has 0 aliphatic carbocycles. The minimum atomic E-state index is 0.0376. The molecule has 4 heteroatoms. The van der Waals surface area contributed by atoms with Gasteiger partial charge in [-0.2, -0.15) is 0 Å². The smallest absolute Gasteiger partial charge is 0.122 e. The molecule has 19 heavy (non-hydrogen) atoms. The van der Waals surface area contributed by atoms with Crippen LogP contribution in [-0.2, 0) is 5.75 Å². The molecule has 0 aliphatic rings. The van der Waals surface area contributed by atoms with Crippen LogP contribution in [0.4, 0.5) is 0 Å². The highest BCUT2D eigenvalue weighted by Crippen LogP contribution is 2.29. The van der Waals surface area contributed by atoms with Crippen molar-refractivity contribution in [2.75, 3.05) is 7.11 Å². The molecule has 0 amide bonds. The van der Waals surface area contributed by atoms with E-state index in [1.165, 1.54) is 10.5 Å². The van der Waals surface area contributed by atoms with Gasteiger partial charge in [-0.05, 0) is 36.8 Å². The summed E-state index contributed by atoms with van der Waals surface area (Å²) >= 11 is 1.76. The number of ether oxygens (including phenoxy) is 1. The standard InChI is InChI=1S/C15H18N2OS/c1-11(16)12-3-4-15(18-2)13(9-12)10-19-14-5-7-17-8-6-14/h3-9,11H,10,16H2,1-2H3. The van der Waals surface area contributed by atoms with Crippen molar-refractivity contribution in [3.8, 4) is 5.75 Å². The third-order valence-electron chi connectivity index (χ3n) is 2.87. The molecule has 0 saturated heterocycles. The van der Waals surface area contributed by atoms with Gasteiger partial charge < -0.3 is 10.5 Å². The molecule has 0 fully saturated rings. The van der Waals surface area contributed by atoms with Crippen molar-refractivity contribution in [3.05, 3.63) is 53.9 Å². The van der Waals surface area contributed by atoms with Crippen molar-refractivity contribution in [1.29, 1.82) is 0 Å². The van der Waals surface area contributed by atoms with Crippen molar-refractivity contribution in [2.45, 2.75) is 23.6 Å². The molecule has 1 heterocycles. The lowest BCUT2D eigenvalue weighted by Crippen LogP contribution is -2.05. The van der Waals surface area contributed by atoms with Crippen LogP contribution in [0.25, 0.3) is 0 Å². The molecular weight excluding hydrogens is 256 g/mol. The van der Waals surface area contributed by atoms with Crippen LogP contribution in [0.2, 0.25) is 0 Å². The summed E-state index contributed by atoms with van der Waals surface area (Å²) in [7, 11) is 1.70. The average molecular weight is 274 g/mol. The van der Waals surface area contributed by atoms with Crippen molar-refractivity contribution >= 4 is 11.8 Å². The lowest BCUT2D eigenvalue weighted by molar-refractivity contribution is 0.411. The molecule has 1 aromatic heterocycles. The molecule has 1 atom stereocenters. The highest BCUT2D eigenvalue weighted by molar-refractivity contribution is 7.98. The number of thioether (sulfide) groups is 1. The fourth-order valence-corrected chi connectivity index (χ4v) is 2.65. The van der Waals surface area contributed by atoms with E-state index >= 15 is 0 Å². The Balaban J connectivity index is 2.16. The maximum absolute atomic E-state index is 5.93. The highest BCUT2D eigenvalue weighted by Gasteiger charge is 2.07. The topological polar surface area (TPSA) is 48.1 Å². The number of rotatable bonds is 5. The molecule has 100 valence electrons. The first-order chi connectivity index (χ1) is 9.20. The minimum absolute atomic E-state index is 0.0376. The maximum atomic E-state index is 5.93. The monoisotopic (exact) mass is 274 g/mol. The van der Waals surface area contributed by atoms with E-state index in [-0.39, 0.29) is 6.04 Å². The van der Waals surface area contributed by atoms with Gasteiger partial charge in [0.05, 0.1) is 7.11 Å². The van der Waals surface area contributed by atoms with E-state index in [4.69, 9.17) is 10.5 Å². The third-order valence-corrected chi connectivity index (χ3v) is 3.94. The first-order valence-electron chi connectivity index (χ1n) is 6.16. The van der Waals surface area contributed by atoms with E-state index in [0.29, 0.717) is 0 Å². The molecule has 1 unspecified atom stereocenters. The molecule has 0 aliphatic heterocycles. The lowest BCUT2D eigenvalue weighted by atomic mass is 10.1. The van der Waals surface area contributed by atoms with Crippen LogP contribution < -0.4 is 10.5 Å². The van der Waals surface area contributed by atoms with E-state index in [1.54, 1.807) is 31.3 Å². The Bertz CT molecular complexity index is 529. The second-order valence-electron chi connectivity index (χ2n) is 4.33. The maximum Gasteiger partial charge on any atom is 0.122 e. The molecule has 0 saturated carbocycles. The van der Waals surface area contributed by atoms with Gasteiger partial charge in [-0.25, -0.2) is 0 Å². The molecule has 0 spiro atoms. The largest absolute Gasteiger partial charge is 0.496 e. The summed E-state index contributed by atoms with van der Waals surface area (Å²) in [6, 6.07) is 10.2. The molecule has 2 rings (SSSR count). The van der Waals surface area contributed by atoms with Crippen LogP contribution in [-0.4, -0.2) is 12.1 Å². The number of methoxy groups -OCH3 is 1. The molecule has 1 aromatic carbocycles. The second-order valence-corrected chi connectivity index (χ2v) is 5.38. The minimum Gasteiger partial charge on any atom is -0.496 e. The third kappa shape index (κ3) is 3.72. The molecule has 0 bridgehead atoms. The number of nitrogens with zero attached hydrogens (tertiary/aromatic N) is 1. The number of hydrogen-bond acceptors (Lipinski definition) is 4. The van der Waals surface area contributed by atoms with Crippen LogP contribution in [0.15, 0.2) is 47.6 Å². The SMILES string of the molecule is COc1ccc(C(C)N)cc1CSc1ccncc1. The number of aromatic nitrogens is 1. The van der Waals surface area contributed by atoms with Crippen molar-refractivity contribution in [2.24, 2.45) is 5.73 Å². The van der Waals surface area contributed by atoms with Gasteiger partial charge in [-0.3, -0.25) is 4.98 Å². The summed E-state index contributed by atoms with van der Waals surface area (Å²) in [5, 5.41) is 0. The molecule has 3 nitrogen and oxygen atoms in total. The van der Waals surface area contributed by atoms with Crippen LogP contribution >= 0.6 is 11.8 Å². The predicted octanol–water partition coefficient (Wildman–Crippen LogP) is 3.40. The van der Waals surface area contributed by atoms with Crippen LogP contribution in [0.1, 0.15) is 24.1 Å². The summed E-state index contributed by atoms with van der Waals surface area (Å²) in [5.41, 5.74) is 8.22. The van der Waals surface area contributed by atoms with E-state index < -0.39 is 0 Å². The van der Waals surface area contributed by atoms with Crippen LogP contribution in [0, 0.1) is 0 Å². The van der Waals surface area contributed by atoms with Gasteiger partial charge >= 0.3 is 0 Å². The zero-order valence-corrected chi connectivity index (χ0v) is 12.0. The van der Waals surface area contributed by atoms with Crippen molar-refractivity contribution in [1.82, 2.24) is 4.98 Å². The fraction of sp³-hybridized carbons (Fsp3) is 0.267. The highest BCUT2D eigenvalue weighted by atomic mass is 32.2. The Kier molecular flexibility index (Phi) is 4.82. The fourth-order valence-electron chi connectivity index (χ4n) is 1.79. The number of benzene rings is 1. The molecular formula is C15H18N2OS. The van der Waals surface area contributed by atoms with Gasteiger partial charge in [0.25, 0.3) is 0 Å². The van der Waals surface area contributed by atoms with Crippen LogP contribution in [0.5, 0.6) is 5.75 Å². The number of nitrogens with two attached hydrogens (primary N) is 1. The van der Waals surface area contributed by atoms with Crippen molar-refractivity contribution < 1.29 is 4.74 Å². The summed E-state index contributed by atoms with van der Waals surface area (Å²) in [5.74, 6) is 1.76. The average Bonchev–Trinajstić information content (AvgIpc) is 2.45. The quantitative estimate of drug-likeness (QED) is 0.849. The first kappa shape index (κ1) is 13.9. The van der Waals surface area contributed by atoms with E-state index in [1.807, 2.05) is 31.2 Å². The summed E-state index contributed by atoms with van der Waals surface area (Å²) < 4.78 is 5.40. The van der Waals surface area contributed by atoms with Gasteiger partial charge in [0.2, 0.25) is 0 Å². The zero-order valence-electron chi connectivity index (χ0n) is 11.2. The van der Waals surface area contributed by atoms with Crippen LogP contribution in [0.3, 0.4) is 0 Å². The van der Waals surface area contributed by atoms with E-state index in [2.05, 4.69) is 11.1 Å². The number of pyridine rings is 1. The van der Waals surface area contributed by atoms with Gasteiger partial charge in [-0.15, -0.1) is 11.8 Å². The Morgan fingerprint density at radius 1 is 1.26 bits per heavy atom. The Labute approximate surface area is 118 Å². The predicted molar refractivity (Wildman–Crippen MR) is 79.4 cm³/mol. The van der Waals surface area contributed by atoms with E-state index in [0.717, 1.165) is 17.1 Å². The number of hydrogen-bond donors (Lipinski definition) is 1. The molecule has 2 N–H and O–H groups in total. The van der Waals surface area contributed by atoms with Gasteiger partial charge in [0.15, 0.2) is 0 Å². The Morgan fingerprint density at radius 3 is 2.63 bits per heavy atom. The summed E-state index contributed by atoms with van der Waals surface area (Å²) in [4.78, 5) is 5.21. The van der Waals surface area contributed by atoms with Gasteiger partial charge in [-0.1, -0.05) is 6.07 Å². The molecule has 2 aromatic rings. The van der Waals surface area contributed by atoms with Gasteiger partial charge in [0.1, 0.15) is 5.75 Å².